The molecule has 0 amide bonds. The third kappa shape index (κ3) is 2.86. The normalized spacial score (nSPS) is 9.94. The van der Waals surface area contributed by atoms with Gasteiger partial charge in [0.15, 0.2) is 11.6 Å². The van der Waals surface area contributed by atoms with E-state index < -0.39 is 0 Å². The predicted octanol–water partition coefficient (Wildman–Crippen LogP) is 1.57. The fraction of sp³-hybridized carbons (Fsp3) is 0.167. The second kappa shape index (κ2) is 5.33. The SMILES string of the molecule is CN(C)c1cccc(Nc2cncc(NN)n2)c1. The molecule has 0 saturated heterocycles. The molecule has 0 aliphatic heterocycles. The van der Waals surface area contributed by atoms with Crippen LogP contribution in [0.15, 0.2) is 36.7 Å². The van der Waals surface area contributed by atoms with Gasteiger partial charge in [-0.2, -0.15) is 0 Å². The first-order chi connectivity index (χ1) is 8.69. The van der Waals surface area contributed by atoms with E-state index in [9.17, 15) is 0 Å². The molecule has 6 heteroatoms. The van der Waals surface area contributed by atoms with Crippen LogP contribution in [0.1, 0.15) is 0 Å². The van der Waals surface area contributed by atoms with Crippen LogP contribution in [0.4, 0.5) is 23.0 Å². The van der Waals surface area contributed by atoms with E-state index in [2.05, 4.69) is 20.7 Å². The van der Waals surface area contributed by atoms with Crippen molar-refractivity contribution >= 4 is 23.0 Å². The lowest BCUT2D eigenvalue weighted by atomic mass is 10.2. The van der Waals surface area contributed by atoms with E-state index in [1.165, 1.54) is 0 Å². The molecule has 1 heterocycles. The molecule has 0 aliphatic rings. The molecule has 18 heavy (non-hydrogen) atoms. The standard InChI is InChI=1S/C12H16N6/c1-18(2)10-5-3-4-9(6-10)15-11-7-14-8-12(16-11)17-13/h3-8H,13H2,1-2H3,(H2,15,16,17). The lowest BCUT2D eigenvalue weighted by molar-refractivity contribution is 1.13. The van der Waals surface area contributed by atoms with Crippen LogP contribution in [0.2, 0.25) is 0 Å². The van der Waals surface area contributed by atoms with Crippen LogP contribution in [-0.4, -0.2) is 24.1 Å². The summed E-state index contributed by atoms with van der Waals surface area (Å²) in [5.74, 6) is 6.45. The van der Waals surface area contributed by atoms with Crippen molar-refractivity contribution in [1.29, 1.82) is 0 Å². The molecular weight excluding hydrogens is 228 g/mol. The van der Waals surface area contributed by atoms with Crippen LogP contribution in [0.3, 0.4) is 0 Å². The van der Waals surface area contributed by atoms with Gasteiger partial charge in [0.2, 0.25) is 0 Å². The number of nitrogens with zero attached hydrogens (tertiary/aromatic N) is 3. The Morgan fingerprint density at radius 1 is 1.17 bits per heavy atom. The number of nitrogens with two attached hydrogens (primary N) is 1. The number of hydrogen-bond acceptors (Lipinski definition) is 6. The molecule has 0 saturated carbocycles. The summed E-state index contributed by atoms with van der Waals surface area (Å²) in [5.41, 5.74) is 4.52. The Morgan fingerprint density at radius 3 is 2.67 bits per heavy atom. The van der Waals surface area contributed by atoms with Gasteiger partial charge < -0.3 is 15.6 Å². The molecule has 0 unspecified atom stereocenters. The highest BCUT2D eigenvalue weighted by Gasteiger charge is 2.00. The first-order valence-electron chi connectivity index (χ1n) is 5.52. The Bertz CT molecular complexity index is 525. The van der Waals surface area contributed by atoms with Gasteiger partial charge >= 0.3 is 0 Å². The summed E-state index contributed by atoms with van der Waals surface area (Å²) in [7, 11) is 4.00. The minimum atomic E-state index is 0.517. The molecule has 0 aliphatic carbocycles. The van der Waals surface area contributed by atoms with Gasteiger partial charge in [-0.15, -0.1) is 0 Å². The van der Waals surface area contributed by atoms with E-state index in [4.69, 9.17) is 5.84 Å². The highest BCUT2D eigenvalue weighted by Crippen LogP contribution is 2.20. The minimum absolute atomic E-state index is 0.517. The molecule has 6 nitrogen and oxygen atoms in total. The van der Waals surface area contributed by atoms with E-state index in [0.29, 0.717) is 11.6 Å². The summed E-state index contributed by atoms with van der Waals surface area (Å²) in [5, 5.41) is 3.18. The van der Waals surface area contributed by atoms with Gasteiger partial charge in [0.1, 0.15) is 0 Å². The first-order valence-corrected chi connectivity index (χ1v) is 5.52. The maximum Gasteiger partial charge on any atom is 0.160 e. The topological polar surface area (TPSA) is 79.1 Å². The Labute approximate surface area is 106 Å². The molecule has 1 aromatic carbocycles. The average Bonchev–Trinajstić information content (AvgIpc) is 2.39. The molecule has 94 valence electrons. The number of anilines is 4. The molecule has 1 aromatic heterocycles. The van der Waals surface area contributed by atoms with E-state index in [1.54, 1.807) is 12.4 Å². The van der Waals surface area contributed by atoms with Crippen molar-refractivity contribution in [2.45, 2.75) is 0 Å². The van der Waals surface area contributed by atoms with Gasteiger partial charge in [0, 0.05) is 25.5 Å². The summed E-state index contributed by atoms with van der Waals surface area (Å²) in [6.45, 7) is 0. The molecule has 0 fully saturated rings. The van der Waals surface area contributed by atoms with E-state index in [1.807, 2.05) is 43.3 Å². The van der Waals surface area contributed by atoms with Crippen LogP contribution in [0.5, 0.6) is 0 Å². The lowest BCUT2D eigenvalue weighted by Crippen LogP contribution is -2.10. The molecule has 0 spiro atoms. The first kappa shape index (κ1) is 12.1. The Balaban J connectivity index is 2.20. The second-order valence-corrected chi connectivity index (χ2v) is 4.00. The monoisotopic (exact) mass is 244 g/mol. The third-order valence-electron chi connectivity index (χ3n) is 2.42. The molecule has 0 bridgehead atoms. The number of nitrogen functional groups attached to an aromatic ring is 1. The van der Waals surface area contributed by atoms with Gasteiger partial charge in [-0.05, 0) is 18.2 Å². The van der Waals surface area contributed by atoms with Crippen molar-refractivity contribution in [1.82, 2.24) is 9.97 Å². The summed E-state index contributed by atoms with van der Waals surface area (Å²) < 4.78 is 0. The smallest absolute Gasteiger partial charge is 0.160 e. The number of nitrogens with one attached hydrogen (secondary N) is 2. The zero-order valence-electron chi connectivity index (χ0n) is 10.4. The maximum absolute atomic E-state index is 5.29. The van der Waals surface area contributed by atoms with Gasteiger partial charge in [-0.25, -0.2) is 10.8 Å². The number of rotatable bonds is 4. The quantitative estimate of drug-likeness (QED) is 0.559. The van der Waals surface area contributed by atoms with Gasteiger partial charge in [-0.3, -0.25) is 4.98 Å². The van der Waals surface area contributed by atoms with Crippen molar-refractivity contribution in [2.24, 2.45) is 5.84 Å². The number of hydrazine groups is 1. The van der Waals surface area contributed by atoms with Gasteiger partial charge in [0.25, 0.3) is 0 Å². The van der Waals surface area contributed by atoms with E-state index >= 15 is 0 Å². The van der Waals surface area contributed by atoms with Crippen molar-refractivity contribution in [3.8, 4) is 0 Å². The minimum Gasteiger partial charge on any atom is -0.378 e. The van der Waals surface area contributed by atoms with Crippen LogP contribution in [0.25, 0.3) is 0 Å². The molecule has 0 radical (unpaired) electrons. The van der Waals surface area contributed by atoms with Gasteiger partial charge in [0.05, 0.1) is 12.4 Å². The predicted molar refractivity (Wildman–Crippen MR) is 73.9 cm³/mol. The zero-order valence-corrected chi connectivity index (χ0v) is 10.4. The van der Waals surface area contributed by atoms with Crippen molar-refractivity contribution in [3.63, 3.8) is 0 Å². The fourth-order valence-electron chi connectivity index (χ4n) is 1.51. The largest absolute Gasteiger partial charge is 0.378 e. The fourth-order valence-corrected chi connectivity index (χ4v) is 1.51. The molecule has 2 rings (SSSR count). The lowest BCUT2D eigenvalue weighted by Gasteiger charge is -2.14. The number of benzene rings is 1. The Kier molecular flexibility index (Phi) is 3.59. The summed E-state index contributed by atoms with van der Waals surface area (Å²) in [4.78, 5) is 10.3. The molecule has 0 atom stereocenters. The third-order valence-corrected chi connectivity index (χ3v) is 2.42. The number of aromatic nitrogens is 2. The molecule has 2 aromatic rings. The summed E-state index contributed by atoms with van der Waals surface area (Å²) >= 11 is 0. The van der Waals surface area contributed by atoms with Gasteiger partial charge in [-0.1, -0.05) is 6.07 Å². The highest BCUT2D eigenvalue weighted by atomic mass is 15.3. The zero-order chi connectivity index (χ0) is 13.0. The Hall–Kier alpha value is -2.34. The van der Waals surface area contributed by atoms with Crippen molar-refractivity contribution in [3.05, 3.63) is 36.7 Å². The van der Waals surface area contributed by atoms with E-state index in [0.717, 1.165) is 11.4 Å². The summed E-state index contributed by atoms with van der Waals surface area (Å²) in [6.07, 6.45) is 3.20. The maximum atomic E-state index is 5.29. The number of hydrogen-bond donors (Lipinski definition) is 3. The summed E-state index contributed by atoms with van der Waals surface area (Å²) in [6, 6.07) is 8.02. The Morgan fingerprint density at radius 2 is 1.94 bits per heavy atom. The highest BCUT2D eigenvalue weighted by molar-refractivity contribution is 5.63. The van der Waals surface area contributed by atoms with Crippen molar-refractivity contribution in [2.75, 3.05) is 29.7 Å². The molecule has 4 N–H and O–H groups in total. The van der Waals surface area contributed by atoms with Crippen LogP contribution >= 0.6 is 0 Å². The van der Waals surface area contributed by atoms with E-state index in [-0.39, 0.29) is 0 Å². The van der Waals surface area contributed by atoms with Crippen molar-refractivity contribution < 1.29 is 0 Å². The van der Waals surface area contributed by atoms with Crippen LogP contribution in [-0.2, 0) is 0 Å². The second-order valence-electron chi connectivity index (χ2n) is 4.00. The van der Waals surface area contributed by atoms with Crippen LogP contribution in [0, 0.1) is 0 Å². The average molecular weight is 244 g/mol. The van der Waals surface area contributed by atoms with Crippen LogP contribution < -0.4 is 21.5 Å². The molecular formula is C12H16N6.